The van der Waals surface area contributed by atoms with Crippen LogP contribution in [0.3, 0.4) is 0 Å². The summed E-state index contributed by atoms with van der Waals surface area (Å²) < 4.78 is 12.4. The number of hydrogen-bond donors (Lipinski definition) is 0. The predicted octanol–water partition coefficient (Wildman–Crippen LogP) is 3.04. The first kappa shape index (κ1) is 17.5. The van der Waals surface area contributed by atoms with Gasteiger partial charge in [-0.05, 0) is 42.0 Å². The van der Waals surface area contributed by atoms with Crippen LogP contribution in [0, 0.1) is 0 Å². The summed E-state index contributed by atoms with van der Waals surface area (Å²) in [6.07, 6.45) is 1.78. The number of hydrogen-bond acceptors (Lipinski definition) is 6. The lowest BCUT2D eigenvalue weighted by molar-refractivity contribution is 0.355. The summed E-state index contributed by atoms with van der Waals surface area (Å²) in [6, 6.07) is 12.7. The van der Waals surface area contributed by atoms with Crippen LogP contribution in [0.2, 0.25) is 5.02 Å². The summed E-state index contributed by atoms with van der Waals surface area (Å²) in [6.45, 7) is 0. The normalized spacial score (nSPS) is 11.9. The molecule has 136 valence electrons. The Morgan fingerprint density at radius 3 is 2.63 bits per heavy atom. The van der Waals surface area contributed by atoms with Gasteiger partial charge in [-0.2, -0.15) is 9.50 Å². The number of rotatable bonds is 4. The third kappa shape index (κ3) is 3.27. The van der Waals surface area contributed by atoms with Crippen LogP contribution in [0.5, 0.6) is 11.5 Å². The highest BCUT2D eigenvalue weighted by atomic mass is 35.5. The number of fused-ring (bicyclic) bond motifs is 1. The van der Waals surface area contributed by atoms with Gasteiger partial charge >= 0.3 is 0 Å². The molecule has 0 bridgehead atoms. The van der Waals surface area contributed by atoms with E-state index in [0.717, 1.165) is 11.1 Å². The van der Waals surface area contributed by atoms with Crippen molar-refractivity contribution < 1.29 is 9.47 Å². The van der Waals surface area contributed by atoms with Gasteiger partial charge in [0.15, 0.2) is 17.3 Å². The number of halogens is 1. The van der Waals surface area contributed by atoms with E-state index in [4.69, 9.17) is 21.1 Å². The maximum Gasteiger partial charge on any atom is 0.291 e. The molecule has 0 fully saturated rings. The van der Waals surface area contributed by atoms with Gasteiger partial charge < -0.3 is 9.47 Å². The van der Waals surface area contributed by atoms with Crippen LogP contribution in [0.15, 0.2) is 47.3 Å². The highest BCUT2D eigenvalue weighted by molar-refractivity contribution is 7.15. The monoisotopic (exact) mass is 399 g/mol. The number of nitrogens with zero attached hydrogens (tertiary/aromatic N) is 3. The van der Waals surface area contributed by atoms with Gasteiger partial charge in [0.25, 0.3) is 5.56 Å². The van der Waals surface area contributed by atoms with Crippen LogP contribution in [-0.2, 0) is 0 Å². The van der Waals surface area contributed by atoms with Crippen molar-refractivity contribution in [1.29, 1.82) is 0 Å². The molecule has 0 atom stereocenters. The SMILES string of the molecule is COc1ccc(-c2nc3sc(=Cc4cccc(Cl)c4)c(=O)n3n2)cc1OC. The molecule has 27 heavy (non-hydrogen) atoms. The maximum atomic E-state index is 12.6. The van der Waals surface area contributed by atoms with Gasteiger partial charge in [-0.15, -0.1) is 5.10 Å². The summed E-state index contributed by atoms with van der Waals surface area (Å²) in [5.74, 6) is 1.64. The standard InChI is InChI=1S/C19H14ClN3O3S/c1-25-14-7-6-12(10-15(14)26-2)17-21-19-23(22-17)18(24)16(27-19)9-11-4-3-5-13(20)8-11/h3-10H,1-2H3. The quantitative estimate of drug-likeness (QED) is 0.527. The first-order valence-corrected chi connectivity index (χ1v) is 9.18. The van der Waals surface area contributed by atoms with Gasteiger partial charge in [-0.1, -0.05) is 35.1 Å². The molecule has 4 aromatic rings. The molecule has 0 unspecified atom stereocenters. The number of ether oxygens (including phenoxy) is 2. The maximum absolute atomic E-state index is 12.6. The van der Waals surface area contributed by atoms with E-state index < -0.39 is 0 Å². The van der Waals surface area contributed by atoms with Gasteiger partial charge in [-0.3, -0.25) is 4.79 Å². The molecule has 6 nitrogen and oxygen atoms in total. The third-order valence-corrected chi connectivity index (χ3v) is 5.16. The van der Waals surface area contributed by atoms with Crippen molar-refractivity contribution in [3.05, 3.63) is 67.9 Å². The van der Waals surface area contributed by atoms with Crippen molar-refractivity contribution in [2.75, 3.05) is 14.2 Å². The highest BCUT2D eigenvalue weighted by Gasteiger charge is 2.14. The molecular weight excluding hydrogens is 386 g/mol. The Bertz CT molecular complexity index is 1250. The Labute approximate surface area is 163 Å². The zero-order valence-corrected chi connectivity index (χ0v) is 16.0. The molecule has 2 aromatic heterocycles. The average Bonchev–Trinajstić information content (AvgIpc) is 3.21. The Morgan fingerprint density at radius 1 is 1.11 bits per heavy atom. The zero-order chi connectivity index (χ0) is 19.0. The zero-order valence-electron chi connectivity index (χ0n) is 14.5. The Hall–Kier alpha value is -2.90. The number of thiazole rings is 1. The summed E-state index contributed by atoms with van der Waals surface area (Å²) in [7, 11) is 3.14. The van der Waals surface area contributed by atoms with Gasteiger partial charge in [-0.25, -0.2) is 0 Å². The lowest BCUT2D eigenvalue weighted by Gasteiger charge is -2.07. The Morgan fingerprint density at radius 2 is 1.93 bits per heavy atom. The van der Waals surface area contributed by atoms with E-state index >= 15 is 0 Å². The first-order chi connectivity index (χ1) is 13.1. The fraction of sp³-hybridized carbons (Fsp3) is 0.105. The van der Waals surface area contributed by atoms with E-state index in [1.165, 1.54) is 15.9 Å². The average molecular weight is 400 g/mol. The fourth-order valence-corrected chi connectivity index (χ4v) is 3.79. The summed E-state index contributed by atoms with van der Waals surface area (Å²) in [5.41, 5.74) is 1.38. The number of benzene rings is 2. The molecule has 0 spiro atoms. The molecule has 4 rings (SSSR count). The predicted molar refractivity (Wildman–Crippen MR) is 106 cm³/mol. The van der Waals surface area contributed by atoms with Crippen molar-refractivity contribution >= 4 is 34.0 Å². The van der Waals surface area contributed by atoms with E-state index in [9.17, 15) is 4.79 Å². The van der Waals surface area contributed by atoms with E-state index in [-0.39, 0.29) is 5.56 Å². The lowest BCUT2D eigenvalue weighted by Crippen LogP contribution is -2.23. The van der Waals surface area contributed by atoms with Crippen molar-refractivity contribution in [2.24, 2.45) is 0 Å². The van der Waals surface area contributed by atoms with Crippen molar-refractivity contribution in [3.8, 4) is 22.9 Å². The van der Waals surface area contributed by atoms with E-state index in [1.807, 2.05) is 18.2 Å². The van der Waals surface area contributed by atoms with Crippen LogP contribution in [0.1, 0.15) is 5.56 Å². The molecule has 0 amide bonds. The van der Waals surface area contributed by atoms with Crippen LogP contribution < -0.4 is 19.6 Å². The number of aromatic nitrogens is 3. The van der Waals surface area contributed by atoms with Crippen molar-refractivity contribution in [2.45, 2.75) is 0 Å². The summed E-state index contributed by atoms with van der Waals surface area (Å²) >= 11 is 7.28. The smallest absolute Gasteiger partial charge is 0.291 e. The van der Waals surface area contributed by atoms with Gasteiger partial charge in [0.2, 0.25) is 4.96 Å². The molecule has 0 aliphatic heterocycles. The molecule has 0 saturated heterocycles. The number of methoxy groups -OCH3 is 2. The van der Waals surface area contributed by atoms with Crippen molar-refractivity contribution in [3.63, 3.8) is 0 Å². The largest absolute Gasteiger partial charge is 0.493 e. The van der Waals surface area contributed by atoms with E-state index in [2.05, 4.69) is 10.1 Å². The minimum atomic E-state index is -0.214. The molecule has 2 heterocycles. The van der Waals surface area contributed by atoms with E-state index in [0.29, 0.717) is 31.8 Å². The topological polar surface area (TPSA) is 65.7 Å². The van der Waals surface area contributed by atoms with E-state index in [1.54, 1.807) is 44.6 Å². The highest BCUT2D eigenvalue weighted by Crippen LogP contribution is 2.31. The molecule has 0 aliphatic carbocycles. The van der Waals surface area contributed by atoms with Crippen LogP contribution in [-0.4, -0.2) is 28.8 Å². The van der Waals surface area contributed by atoms with Crippen LogP contribution in [0.25, 0.3) is 22.4 Å². The first-order valence-electron chi connectivity index (χ1n) is 7.98. The Kier molecular flexibility index (Phi) is 4.55. The van der Waals surface area contributed by atoms with Gasteiger partial charge in [0.1, 0.15) is 0 Å². The molecule has 0 N–H and O–H groups in total. The van der Waals surface area contributed by atoms with Crippen LogP contribution in [0.4, 0.5) is 0 Å². The lowest BCUT2D eigenvalue weighted by atomic mass is 10.2. The molecule has 2 aromatic carbocycles. The van der Waals surface area contributed by atoms with Gasteiger partial charge in [0, 0.05) is 10.6 Å². The summed E-state index contributed by atoms with van der Waals surface area (Å²) in [5, 5.41) is 4.97. The second-order valence-corrected chi connectivity index (χ2v) is 7.12. The molecular formula is C19H14ClN3O3S. The minimum Gasteiger partial charge on any atom is -0.493 e. The second kappa shape index (κ2) is 7.02. The minimum absolute atomic E-state index is 0.214. The second-order valence-electron chi connectivity index (χ2n) is 5.67. The molecule has 8 heteroatoms. The van der Waals surface area contributed by atoms with Gasteiger partial charge in [0.05, 0.1) is 18.8 Å². The summed E-state index contributed by atoms with van der Waals surface area (Å²) in [4.78, 5) is 17.7. The Balaban J connectivity index is 1.78. The van der Waals surface area contributed by atoms with Crippen LogP contribution >= 0.6 is 22.9 Å². The molecule has 0 saturated carbocycles. The fourth-order valence-electron chi connectivity index (χ4n) is 2.68. The van der Waals surface area contributed by atoms with Crippen molar-refractivity contribution in [1.82, 2.24) is 14.6 Å². The molecule has 0 aliphatic rings. The molecule has 0 radical (unpaired) electrons. The third-order valence-electron chi connectivity index (χ3n) is 3.97.